The summed E-state index contributed by atoms with van der Waals surface area (Å²) in [5.74, 6) is 0. The van der Waals surface area contributed by atoms with E-state index in [4.69, 9.17) is 5.73 Å². The third kappa shape index (κ3) is 2.82. The SMILES string of the molecule is CN/C=C(/Br)C(N)c1ccccn1. The van der Waals surface area contributed by atoms with Gasteiger partial charge in [0, 0.05) is 23.9 Å². The molecule has 0 bridgehead atoms. The van der Waals surface area contributed by atoms with E-state index < -0.39 is 0 Å². The molecule has 0 spiro atoms. The number of halogens is 1. The molecule has 3 nitrogen and oxygen atoms in total. The second-order valence-electron chi connectivity index (χ2n) is 2.55. The van der Waals surface area contributed by atoms with E-state index in [1.54, 1.807) is 12.4 Å². The maximum Gasteiger partial charge on any atom is 0.0806 e. The van der Waals surface area contributed by atoms with Crippen LogP contribution in [-0.2, 0) is 0 Å². The monoisotopic (exact) mass is 241 g/mol. The highest BCUT2D eigenvalue weighted by Crippen LogP contribution is 2.20. The van der Waals surface area contributed by atoms with Gasteiger partial charge in [-0.25, -0.2) is 0 Å². The van der Waals surface area contributed by atoms with Crippen molar-refractivity contribution in [3.05, 3.63) is 40.8 Å². The quantitative estimate of drug-likeness (QED) is 0.845. The highest BCUT2D eigenvalue weighted by Gasteiger charge is 2.09. The van der Waals surface area contributed by atoms with Crippen LogP contribution in [0.25, 0.3) is 0 Å². The molecular formula is C9H12BrN3. The van der Waals surface area contributed by atoms with Gasteiger partial charge in [0.05, 0.1) is 11.7 Å². The lowest BCUT2D eigenvalue weighted by atomic mass is 10.2. The average Bonchev–Trinajstić information content (AvgIpc) is 2.18. The highest BCUT2D eigenvalue weighted by molar-refractivity contribution is 9.11. The van der Waals surface area contributed by atoms with Crippen LogP contribution in [0.2, 0.25) is 0 Å². The van der Waals surface area contributed by atoms with Gasteiger partial charge in [-0.2, -0.15) is 0 Å². The molecule has 13 heavy (non-hydrogen) atoms. The fraction of sp³-hybridized carbons (Fsp3) is 0.222. The van der Waals surface area contributed by atoms with Crippen molar-refractivity contribution in [3.8, 4) is 0 Å². The topological polar surface area (TPSA) is 50.9 Å². The summed E-state index contributed by atoms with van der Waals surface area (Å²) in [4.78, 5) is 4.16. The van der Waals surface area contributed by atoms with Gasteiger partial charge in [-0.15, -0.1) is 0 Å². The van der Waals surface area contributed by atoms with Crippen LogP contribution in [0.3, 0.4) is 0 Å². The summed E-state index contributed by atoms with van der Waals surface area (Å²) >= 11 is 3.37. The molecule has 0 aliphatic carbocycles. The van der Waals surface area contributed by atoms with Crippen LogP contribution >= 0.6 is 15.9 Å². The number of pyridine rings is 1. The third-order valence-corrected chi connectivity index (χ3v) is 2.31. The lowest BCUT2D eigenvalue weighted by Gasteiger charge is -2.09. The molecule has 70 valence electrons. The number of aromatic nitrogens is 1. The number of nitrogens with one attached hydrogen (secondary N) is 1. The minimum absolute atomic E-state index is 0.200. The maximum atomic E-state index is 5.91. The van der Waals surface area contributed by atoms with E-state index in [0.717, 1.165) is 10.2 Å². The number of nitrogens with zero attached hydrogens (tertiary/aromatic N) is 1. The lowest BCUT2D eigenvalue weighted by molar-refractivity contribution is 0.842. The molecule has 0 aromatic carbocycles. The Bertz CT molecular complexity index is 284. The molecule has 1 aromatic heterocycles. The van der Waals surface area contributed by atoms with Gasteiger partial charge in [-0.1, -0.05) is 22.0 Å². The smallest absolute Gasteiger partial charge is 0.0806 e. The van der Waals surface area contributed by atoms with Gasteiger partial charge in [-0.3, -0.25) is 4.98 Å². The van der Waals surface area contributed by atoms with Crippen molar-refractivity contribution in [3.63, 3.8) is 0 Å². The van der Waals surface area contributed by atoms with Crippen LogP contribution in [0.15, 0.2) is 35.1 Å². The molecule has 0 amide bonds. The van der Waals surface area contributed by atoms with Gasteiger partial charge in [0.1, 0.15) is 0 Å². The molecule has 0 aliphatic rings. The first-order chi connectivity index (χ1) is 6.25. The molecule has 1 unspecified atom stereocenters. The van der Waals surface area contributed by atoms with Crippen molar-refractivity contribution in [2.24, 2.45) is 5.73 Å². The summed E-state index contributed by atoms with van der Waals surface area (Å²) in [6.07, 6.45) is 3.54. The summed E-state index contributed by atoms with van der Waals surface area (Å²) in [6.45, 7) is 0. The lowest BCUT2D eigenvalue weighted by Crippen LogP contribution is -2.13. The van der Waals surface area contributed by atoms with Gasteiger partial charge in [-0.05, 0) is 12.1 Å². The first-order valence-corrected chi connectivity index (χ1v) is 4.74. The predicted molar refractivity (Wildman–Crippen MR) is 57.2 cm³/mol. The fourth-order valence-electron chi connectivity index (χ4n) is 0.929. The van der Waals surface area contributed by atoms with Crippen LogP contribution in [-0.4, -0.2) is 12.0 Å². The van der Waals surface area contributed by atoms with Crippen molar-refractivity contribution in [1.82, 2.24) is 10.3 Å². The number of hydrogen-bond donors (Lipinski definition) is 2. The summed E-state index contributed by atoms with van der Waals surface area (Å²) in [5.41, 5.74) is 6.75. The normalized spacial score (nSPS) is 13.9. The highest BCUT2D eigenvalue weighted by atomic mass is 79.9. The van der Waals surface area contributed by atoms with E-state index >= 15 is 0 Å². The van der Waals surface area contributed by atoms with Crippen molar-refractivity contribution in [2.45, 2.75) is 6.04 Å². The largest absolute Gasteiger partial charge is 0.393 e. The predicted octanol–water partition coefficient (Wildman–Crippen LogP) is 1.54. The van der Waals surface area contributed by atoms with E-state index in [9.17, 15) is 0 Å². The summed E-state index contributed by atoms with van der Waals surface area (Å²) in [6, 6.07) is 5.48. The van der Waals surface area contributed by atoms with E-state index in [1.807, 2.05) is 25.2 Å². The molecule has 1 aromatic rings. The van der Waals surface area contributed by atoms with Crippen molar-refractivity contribution in [1.29, 1.82) is 0 Å². The Kier molecular flexibility index (Phi) is 3.92. The second-order valence-corrected chi connectivity index (χ2v) is 3.47. The Morgan fingerprint density at radius 1 is 1.69 bits per heavy atom. The molecule has 1 rings (SSSR count). The Balaban J connectivity index is 2.79. The zero-order valence-electron chi connectivity index (χ0n) is 7.37. The van der Waals surface area contributed by atoms with Crippen LogP contribution in [0.1, 0.15) is 11.7 Å². The molecule has 4 heteroatoms. The Labute approximate surface area is 86.2 Å². The van der Waals surface area contributed by atoms with Crippen LogP contribution in [0.4, 0.5) is 0 Å². The molecule has 0 saturated heterocycles. The van der Waals surface area contributed by atoms with Crippen molar-refractivity contribution < 1.29 is 0 Å². The zero-order chi connectivity index (χ0) is 9.68. The third-order valence-electron chi connectivity index (χ3n) is 1.59. The van der Waals surface area contributed by atoms with Crippen LogP contribution < -0.4 is 11.1 Å². The fourth-order valence-corrected chi connectivity index (χ4v) is 1.39. The summed E-state index contributed by atoms with van der Waals surface area (Å²) in [5, 5.41) is 2.90. The zero-order valence-corrected chi connectivity index (χ0v) is 8.95. The first-order valence-electron chi connectivity index (χ1n) is 3.95. The maximum absolute atomic E-state index is 5.91. The summed E-state index contributed by atoms with van der Waals surface area (Å²) < 4.78 is 0.883. The Hall–Kier alpha value is -0.870. The van der Waals surface area contributed by atoms with Crippen LogP contribution in [0, 0.1) is 0 Å². The van der Waals surface area contributed by atoms with E-state index in [-0.39, 0.29) is 6.04 Å². The summed E-state index contributed by atoms with van der Waals surface area (Å²) in [7, 11) is 1.83. The standard InChI is InChI=1S/C9H12BrN3/c1-12-6-7(10)9(11)8-4-2-3-5-13-8/h2-6,9,12H,11H2,1H3/b7-6+. The van der Waals surface area contributed by atoms with Gasteiger partial charge >= 0.3 is 0 Å². The van der Waals surface area contributed by atoms with Gasteiger partial charge in [0.15, 0.2) is 0 Å². The van der Waals surface area contributed by atoms with Gasteiger partial charge in [0.25, 0.3) is 0 Å². The molecule has 0 aliphatic heterocycles. The molecule has 1 atom stereocenters. The molecule has 0 fully saturated rings. The minimum Gasteiger partial charge on any atom is -0.393 e. The van der Waals surface area contributed by atoms with E-state index in [2.05, 4.69) is 26.2 Å². The molecule has 0 saturated carbocycles. The van der Waals surface area contributed by atoms with Gasteiger partial charge in [0.2, 0.25) is 0 Å². The van der Waals surface area contributed by atoms with Crippen molar-refractivity contribution >= 4 is 15.9 Å². The number of hydrogen-bond acceptors (Lipinski definition) is 3. The number of nitrogens with two attached hydrogens (primary N) is 1. The Morgan fingerprint density at radius 2 is 2.46 bits per heavy atom. The van der Waals surface area contributed by atoms with Gasteiger partial charge < -0.3 is 11.1 Å². The van der Waals surface area contributed by atoms with Crippen molar-refractivity contribution in [2.75, 3.05) is 7.05 Å². The average molecular weight is 242 g/mol. The van der Waals surface area contributed by atoms with E-state index in [1.165, 1.54) is 0 Å². The van der Waals surface area contributed by atoms with Crippen LogP contribution in [0.5, 0.6) is 0 Å². The minimum atomic E-state index is -0.200. The second kappa shape index (κ2) is 4.99. The Morgan fingerprint density at radius 3 is 3.00 bits per heavy atom. The first kappa shape index (κ1) is 10.2. The molecular weight excluding hydrogens is 230 g/mol. The molecule has 1 heterocycles. The molecule has 3 N–H and O–H groups in total. The van der Waals surface area contributed by atoms with E-state index in [0.29, 0.717) is 0 Å². The number of rotatable bonds is 3. The molecule has 0 radical (unpaired) electrons.